The van der Waals surface area contributed by atoms with Crippen LogP contribution in [-0.2, 0) is 9.47 Å². The van der Waals surface area contributed by atoms with E-state index in [0.29, 0.717) is 11.3 Å². The summed E-state index contributed by atoms with van der Waals surface area (Å²) in [6, 6.07) is 1.90. The molecular formula is C17H23ClN4O2. The number of ether oxygens (including phenoxy) is 2. The lowest BCUT2D eigenvalue weighted by molar-refractivity contribution is -0.0365. The molecule has 0 aliphatic carbocycles. The van der Waals surface area contributed by atoms with E-state index < -0.39 is 0 Å². The van der Waals surface area contributed by atoms with Gasteiger partial charge in [0.05, 0.1) is 17.0 Å². The first-order valence-electron chi connectivity index (χ1n) is 8.69. The Kier molecular flexibility index (Phi) is 4.61. The van der Waals surface area contributed by atoms with Gasteiger partial charge in [0.15, 0.2) is 12.0 Å². The van der Waals surface area contributed by atoms with E-state index >= 15 is 0 Å². The van der Waals surface area contributed by atoms with Gasteiger partial charge in [-0.1, -0.05) is 11.6 Å². The summed E-state index contributed by atoms with van der Waals surface area (Å²) in [7, 11) is 1.79. The van der Waals surface area contributed by atoms with Crippen LogP contribution in [0.15, 0.2) is 12.3 Å². The zero-order valence-corrected chi connectivity index (χ0v) is 14.7. The van der Waals surface area contributed by atoms with Crippen molar-refractivity contribution in [1.29, 1.82) is 0 Å². The van der Waals surface area contributed by atoms with Crippen LogP contribution in [0.1, 0.15) is 38.3 Å². The molecule has 130 valence electrons. The second-order valence-electron chi connectivity index (χ2n) is 6.54. The first-order valence-corrected chi connectivity index (χ1v) is 9.07. The number of halogens is 1. The SMILES string of the molecule is COC1CCN(c2nn(C3CCCCO3)c3cc(Cl)ncc23)CC1. The van der Waals surface area contributed by atoms with E-state index in [9.17, 15) is 0 Å². The normalized spacial score (nSPS) is 23.1. The van der Waals surface area contributed by atoms with Crippen molar-refractivity contribution in [1.82, 2.24) is 14.8 Å². The fourth-order valence-electron chi connectivity index (χ4n) is 3.66. The van der Waals surface area contributed by atoms with Crippen molar-refractivity contribution in [3.63, 3.8) is 0 Å². The highest BCUT2D eigenvalue weighted by atomic mass is 35.5. The number of piperidine rings is 1. The van der Waals surface area contributed by atoms with E-state index in [4.69, 9.17) is 26.2 Å². The van der Waals surface area contributed by atoms with Crippen molar-refractivity contribution in [2.45, 2.75) is 44.4 Å². The first-order chi connectivity index (χ1) is 11.8. The summed E-state index contributed by atoms with van der Waals surface area (Å²) in [5.74, 6) is 0.984. The highest BCUT2D eigenvalue weighted by Gasteiger charge is 2.26. The molecule has 0 N–H and O–H groups in total. The standard InChI is InChI=1S/C17H23ClN4O2/c1-23-12-5-7-21(8-6-12)17-13-11-19-15(18)10-14(13)22(20-17)16-4-2-3-9-24-16/h10-12,16H,2-9H2,1H3. The van der Waals surface area contributed by atoms with E-state index in [-0.39, 0.29) is 6.23 Å². The van der Waals surface area contributed by atoms with Crippen LogP contribution in [0.2, 0.25) is 5.15 Å². The van der Waals surface area contributed by atoms with Gasteiger partial charge in [0, 0.05) is 39.1 Å². The van der Waals surface area contributed by atoms with Crippen molar-refractivity contribution in [2.75, 3.05) is 31.7 Å². The first kappa shape index (κ1) is 16.1. The predicted molar refractivity (Wildman–Crippen MR) is 93.6 cm³/mol. The van der Waals surface area contributed by atoms with E-state index in [2.05, 4.69) is 9.88 Å². The maximum absolute atomic E-state index is 6.14. The van der Waals surface area contributed by atoms with Gasteiger partial charge in [0.25, 0.3) is 0 Å². The zero-order valence-electron chi connectivity index (χ0n) is 13.9. The quantitative estimate of drug-likeness (QED) is 0.794. The molecule has 2 saturated heterocycles. The Morgan fingerprint density at radius 1 is 1.25 bits per heavy atom. The molecule has 6 nitrogen and oxygen atoms in total. The van der Waals surface area contributed by atoms with Gasteiger partial charge in [-0.05, 0) is 32.1 Å². The molecule has 24 heavy (non-hydrogen) atoms. The number of hydrogen-bond donors (Lipinski definition) is 0. The summed E-state index contributed by atoms with van der Waals surface area (Å²) in [4.78, 5) is 6.60. The molecule has 0 radical (unpaired) electrons. The van der Waals surface area contributed by atoms with E-state index in [1.807, 2.05) is 16.9 Å². The molecule has 2 aliphatic rings. The zero-order chi connectivity index (χ0) is 16.5. The maximum Gasteiger partial charge on any atom is 0.160 e. The summed E-state index contributed by atoms with van der Waals surface area (Å²) in [5, 5.41) is 6.44. The second kappa shape index (κ2) is 6.86. The number of aromatic nitrogens is 3. The molecule has 7 heteroatoms. The van der Waals surface area contributed by atoms with Crippen LogP contribution in [0.3, 0.4) is 0 Å². The molecule has 2 aliphatic heterocycles. The topological polar surface area (TPSA) is 52.4 Å². The summed E-state index contributed by atoms with van der Waals surface area (Å²) in [5.41, 5.74) is 1.01. The van der Waals surface area contributed by atoms with E-state index in [0.717, 1.165) is 62.1 Å². The lowest BCUT2D eigenvalue weighted by Gasteiger charge is -2.31. The average Bonchev–Trinajstić information content (AvgIpc) is 3.01. The van der Waals surface area contributed by atoms with Gasteiger partial charge in [-0.15, -0.1) is 0 Å². The summed E-state index contributed by atoms with van der Waals surface area (Å²) in [6.07, 6.45) is 7.49. The van der Waals surface area contributed by atoms with Crippen LogP contribution >= 0.6 is 11.6 Å². The molecule has 2 aromatic rings. The fraction of sp³-hybridized carbons (Fsp3) is 0.647. The number of pyridine rings is 1. The molecular weight excluding hydrogens is 328 g/mol. The maximum atomic E-state index is 6.14. The molecule has 4 rings (SSSR count). The monoisotopic (exact) mass is 350 g/mol. The third-order valence-corrected chi connectivity index (χ3v) is 5.25. The van der Waals surface area contributed by atoms with Crippen molar-refractivity contribution < 1.29 is 9.47 Å². The molecule has 4 heterocycles. The smallest absolute Gasteiger partial charge is 0.160 e. The van der Waals surface area contributed by atoms with Crippen molar-refractivity contribution >= 4 is 28.3 Å². The highest BCUT2D eigenvalue weighted by molar-refractivity contribution is 6.30. The molecule has 1 atom stereocenters. The highest BCUT2D eigenvalue weighted by Crippen LogP contribution is 2.33. The van der Waals surface area contributed by atoms with Crippen LogP contribution < -0.4 is 4.90 Å². The van der Waals surface area contributed by atoms with Crippen LogP contribution in [0.4, 0.5) is 5.82 Å². The molecule has 0 saturated carbocycles. The van der Waals surface area contributed by atoms with Gasteiger partial charge in [-0.25, -0.2) is 9.67 Å². The van der Waals surface area contributed by atoms with Crippen molar-refractivity contribution in [2.24, 2.45) is 0 Å². The molecule has 2 aromatic heterocycles. The Labute approximate surface area is 146 Å². The van der Waals surface area contributed by atoms with Gasteiger partial charge in [0.1, 0.15) is 5.15 Å². The number of methoxy groups -OCH3 is 1. The van der Waals surface area contributed by atoms with E-state index in [1.165, 1.54) is 6.42 Å². The Morgan fingerprint density at radius 2 is 2.08 bits per heavy atom. The molecule has 0 spiro atoms. The number of hydrogen-bond acceptors (Lipinski definition) is 5. The minimum Gasteiger partial charge on any atom is -0.381 e. The van der Waals surface area contributed by atoms with Crippen molar-refractivity contribution in [3.05, 3.63) is 17.4 Å². The summed E-state index contributed by atoms with van der Waals surface area (Å²) < 4.78 is 13.4. The number of rotatable bonds is 3. The Morgan fingerprint density at radius 3 is 2.79 bits per heavy atom. The predicted octanol–water partition coefficient (Wildman–Crippen LogP) is 3.40. The van der Waals surface area contributed by atoms with Gasteiger partial charge >= 0.3 is 0 Å². The van der Waals surface area contributed by atoms with Crippen LogP contribution in [0.25, 0.3) is 10.9 Å². The van der Waals surface area contributed by atoms with Gasteiger partial charge in [-0.2, -0.15) is 5.10 Å². The van der Waals surface area contributed by atoms with E-state index in [1.54, 1.807) is 7.11 Å². The van der Waals surface area contributed by atoms with Gasteiger partial charge in [0.2, 0.25) is 0 Å². The van der Waals surface area contributed by atoms with Crippen LogP contribution in [0.5, 0.6) is 0 Å². The second-order valence-corrected chi connectivity index (χ2v) is 6.92. The summed E-state index contributed by atoms with van der Waals surface area (Å²) in [6.45, 7) is 2.68. The summed E-state index contributed by atoms with van der Waals surface area (Å²) >= 11 is 6.14. The largest absolute Gasteiger partial charge is 0.381 e. The van der Waals surface area contributed by atoms with Crippen molar-refractivity contribution in [3.8, 4) is 0 Å². The Balaban J connectivity index is 1.70. The Hall–Kier alpha value is -1.37. The Bertz CT molecular complexity index is 706. The fourth-order valence-corrected chi connectivity index (χ4v) is 3.82. The number of anilines is 1. The van der Waals surface area contributed by atoms with Crippen LogP contribution in [0, 0.1) is 0 Å². The third-order valence-electron chi connectivity index (χ3n) is 5.04. The molecule has 1 unspecified atom stereocenters. The molecule has 0 bridgehead atoms. The molecule has 2 fully saturated rings. The molecule has 0 amide bonds. The number of fused-ring (bicyclic) bond motifs is 1. The minimum absolute atomic E-state index is 0.00928. The van der Waals surface area contributed by atoms with Gasteiger partial charge in [-0.3, -0.25) is 0 Å². The average molecular weight is 351 g/mol. The number of nitrogens with zero attached hydrogens (tertiary/aromatic N) is 4. The molecule has 0 aromatic carbocycles. The van der Waals surface area contributed by atoms with Crippen LogP contribution in [-0.4, -0.2) is 47.7 Å². The third kappa shape index (κ3) is 2.98. The lowest BCUT2D eigenvalue weighted by atomic mass is 10.1. The van der Waals surface area contributed by atoms with Gasteiger partial charge < -0.3 is 14.4 Å². The minimum atomic E-state index is -0.00928. The lowest BCUT2D eigenvalue weighted by Crippen LogP contribution is -2.37.